The summed E-state index contributed by atoms with van der Waals surface area (Å²) < 4.78 is 33.5. The van der Waals surface area contributed by atoms with Gasteiger partial charge in [0.05, 0.1) is 0 Å². The van der Waals surface area contributed by atoms with Crippen molar-refractivity contribution in [1.29, 1.82) is 0 Å². The highest BCUT2D eigenvalue weighted by Gasteiger charge is 2.43. The summed E-state index contributed by atoms with van der Waals surface area (Å²) in [6, 6.07) is 3.51. The lowest BCUT2D eigenvalue weighted by Crippen LogP contribution is -2.57. The van der Waals surface area contributed by atoms with Crippen LogP contribution in [-0.4, -0.2) is 62.6 Å². The van der Waals surface area contributed by atoms with Gasteiger partial charge < -0.3 is 4.74 Å². The van der Waals surface area contributed by atoms with Crippen LogP contribution in [0.1, 0.15) is 26.2 Å². The first-order valence-electron chi connectivity index (χ1n) is 7.95. The molecule has 0 aromatic carbocycles. The molecule has 0 radical (unpaired) electrons. The molecule has 22 heavy (non-hydrogen) atoms. The third-order valence-corrected chi connectivity index (χ3v) is 8.09. The molecule has 124 valence electrons. The van der Waals surface area contributed by atoms with E-state index in [1.807, 2.05) is 5.38 Å². The predicted octanol–water partition coefficient (Wildman–Crippen LogP) is 2.01. The Kier molecular flexibility index (Phi) is 4.89. The maximum absolute atomic E-state index is 12.9. The van der Waals surface area contributed by atoms with Crippen molar-refractivity contribution in [1.82, 2.24) is 9.21 Å². The molecular weight excluding hydrogens is 320 g/mol. The second-order valence-corrected chi connectivity index (χ2v) is 9.15. The topological polar surface area (TPSA) is 49.9 Å². The highest BCUT2D eigenvalue weighted by Crippen LogP contribution is 2.34. The number of thiophene rings is 1. The molecule has 1 aromatic heterocycles. The number of hydrogen-bond donors (Lipinski definition) is 0. The van der Waals surface area contributed by atoms with Crippen molar-refractivity contribution in [3.05, 3.63) is 17.5 Å². The Morgan fingerprint density at radius 3 is 2.73 bits per heavy atom. The van der Waals surface area contributed by atoms with Crippen LogP contribution < -0.4 is 0 Å². The van der Waals surface area contributed by atoms with Crippen LogP contribution in [0.3, 0.4) is 0 Å². The minimum Gasteiger partial charge on any atom is -0.381 e. The third-order valence-electron chi connectivity index (χ3n) is 4.87. The van der Waals surface area contributed by atoms with Crippen LogP contribution in [0.4, 0.5) is 0 Å². The van der Waals surface area contributed by atoms with Crippen LogP contribution in [0.5, 0.6) is 0 Å². The highest BCUT2D eigenvalue weighted by atomic mass is 32.2. The van der Waals surface area contributed by atoms with Crippen molar-refractivity contribution in [2.24, 2.45) is 0 Å². The predicted molar refractivity (Wildman–Crippen MR) is 87.7 cm³/mol. The Morgan fingerprint density at radius 2 is 2.09 bits per heavy atom. The molecule has 0 aliphatic carbocycles. The number of ether oxygens (including phenoxy) is 1. The largest absolute Gasteiger partial charge is 0.381 e. The molecule has 2 aliphatic heterocycles. The minimum atomic E-state index is -3.36. The van der Waals surface area contributed by atoms with Gasteiger partial charge in [-0.3, -0.25) is 4.90 Å². The zero-order chi connectivity index (χ0) is 15.6. The van der Waals surface area contributed by atoms with Gasteiger partial charge in [0.1, 0.15) is 4.21 Å². The van der Waals surface area contributed by atoms with Gasteiger partial charge >= 0.3 is 0 Å². The highest BCUT2D eigenvalue weighted by molar-refractivity contribution is 7.91. The smallest absolute Gasteiger partial charge is 0.252 e. The Morgan fingerprint density at radius 1 is 1.32 bits per heavy atom. The molecule has 0 unspecified atom stereocenters. The minimum absolute atomic E-state index is 0.0617. The summed E-state index contributed by atoms with van der Waals surface area (Å²) in [5.74, 6) is 0. The number of likely N-dealkylation sites (N-methyl/N-ethyl adjacent to an activating group) is 1. The molecule has 2 aliphatic rings. The van der Waals surface area contributed by atoms with Gasteiger partial charge in [0.15, 0.2) is 0 Å². The van der Waals surface area contributed by atoms with E-state index >= 15 is 0 Å². The SMILES string of the molecule is CCN1CCCN(S(=O)(=O)c2cccs2)CC12CCOCC2. The normalized spacial score (nSPS) is 24.4. The lowest BCUT2D eigenvalue weighted by Gasteiger charge is -2.46. The quantitative estimate of drug-likeness (QED) is 0.842. The lowest BCUT2D eigenvalue weighted by molar-refractivity contribution is -0.0263. The standard InChI is InChI=1S/C15H24N2O3S2/c1-2-16-8-4-9-17(13-15(16)6-10-20-11-7-15)22(18,19)14-5-3-12-21-14/h3,5,12H,2,4,6-11,13H2,1H3. The fraction of sp³-hybridized carbons (Fsp3) is 0.733. The number of hydrogen-bond acceptors (Lipinski definition) is 5. The van der Waals surface area contributed by atoms with Gasteiger partial charge in [0, 0.05) is 31.8 Å². The van der Waals surface area contributed by atoms with Crippen molar-refractivity contribution in [3.8, 4) is 0 Å². The molecule has 3 heterocycles. The van der Waals surface area contributed by atoms with Crippen LogP contribution in [0.2, 0.25) is 0 Å². The van der Waals surface area contributed by atoms with Crippen LogP contribution in [0.25, 0.3) is 0 Å². The molecule has 2 fully saturated rings. The molecule has 1 aromatic rings. The van der Waals surface area contributed by atoms with E-state index in [9.17, 15) is 8.42 Å². The molecule has 0 N–H and O–H groups in total. The third kappa shape index (κ3) is 2.97. The summed E-state index contributed by atoms with van der Waals surface area (Å²) in [5, 5.41) is 1.83. The maximum Gasteiger partial charge on any atom is 0.252 e. The summed E-state index contributed by atoms with van der Waals surface area (Å²) in [7, 11) is -3.36. The Bertz CT molecular complexity index is 580. The average molecular weight is 345 g/mol. The fourth-order valence-corrected chi connectivity index (χ4v) is 6.35. The van der Waals surface area contributed by atoms with Gasteiger partial charge in [-0.05, 0) is 43.8 Å². The lowest BCUT2D eigenvalue weighted by atomic mass is 9.88. The molecule has 1 spiro atoms. The van der Waals surface area contributed by atoms with E-state index in [4.69, 9.17) is 4.74 Å². The number of sulfonamides is 1. The summed E-state index contributed by atoms with van der Waals surface area (Å²) in [6.07, 6.45) is 2.72. The van der Waals surface area contributed by atoms with Gasteiger partial charge in [0.2, 0.25) is 0 Å². The van der Waals surface area contributed by atoms with Crippen LogP contribution in [0, 0.1) is 0 Å². The summed E-state index contributed by atoms with van der Waals surface area (Å²) in [6.45, 7) is 6.75. The van der Waals surface area contributed by atoms with Gasteiger partial charge in [-0.1, -0.05) is 13.0 Å². The first kappa shape index (κ1) is 16.4. The van der Waals surface area contributed by atoms with Crippen molar-refractivity contribution < 1.29 is 13.2 Å². The Hall–Kier alpha value is -0.470. The van der Waals surface area contributed by atoms with Crippen molar-refractivity contribution in [3.63, 3.8) is 0 Å². The number of nitrogens with zero attached hydrogens (tertiary/aromatic N) is 2. The van der Waals surface area contributed by atoms with E-state index in [0.717, 1.165) is 45.6 Å². The van der Waals surface area contributed by atoms with Crippen molar-refractivity contribution >= 4 is 21.4 Å². The summed E-state index contributed by atoms with van der Waals surface area (Å²) >= 11 is 1.30. The van der Waals surface area contributed by atoms with Crippen molar-refractivity contribution in [2.75, 3.05) is 39.4 Å². The molecule has 7 heteroatoms. The van der Waals surface area contributed by atoms with E-state index in [2.05, 4.69) is 11.8 Å². The first-order valence-corrected chi connectivity index (χ1v) is 10.3. The Labute approximate surface area is 136 Å². The fourth-order valence-electron chi connectivity index (χ4n) is 3.64. The van der Waals surface area contributed by atoms with E-state index in [1.165, 1.54) is 11.3 Å². The van der Waals surface area contributed by atoms with Gasteiger partial charge in [-0.15, -0.1) is 11.3 Å². The first-order chi connectivity index (χ1) is 10.6. The van der Waals surface area contributed by atoms with E-state index in [1.54, 1.807) is 16.4 Å². The van der Waals surface area contributed by atoms with Crippen molar-refractivity contribution in [2.45, 2.75) is 35.9 Å². The molecule has 3 rings (SSSR count). The molecule has 0 bridgehead atoms. The van der Waals surface area contributed by atoms with Gasteiger partial charge in [0.25, 0.3) is 10.0 Å². The molecule has 0 amide bonds. The van der Waals surface area contributed by atoms with Gasteiger partial charge in [-0.2, -0.15) is 4.31 Å². The summed E-state index contributed by atoms with van der Waals surface area (Å²) in [4.78, 5) is 2.47. The summed E-state index contributed by atoms with van der Waals surface area (Å²) in [5.41, 5.74) is -0.0617. The molecule has 0 saturated carbocycles. The molecule has 0 atom stereocenters. The Balaban J connectivity index is 1.90. The number of rotatable bonds is 3. The van der Waals surface area contributed by atoms with E-state index < -0.39 is 10.0 Å². The molecular formula is C15H24N2O3S2. The average Bonchev–Trinajstić information content (AvgIpc) is 3.00. The molecule has 2 saturated heterocycles. The second-order valence-electron chi connectivity index (χ2n) is 6.04. The van der Waals surface area contributed by atoms with Gasteiger partial charge in [-0.25, -0.2) is 8.42 Å². The zero-order valence-corrected chi connectivity index (χ0v) is 14.7. The van der Waals surface area contributed by atoms with E-state index in [-0.39, 0.29) is 5.54 Å². The molecule has 5 nitrogen and oxygen atoms in total. The van der Waals surface area contributed by atoms with E-state index in [0.29, 0.717) is 17.3 Å². The van der Waals surface area contributed by atoms with Crippen LogP contribution in [-0.2, 0) is 14.8 Å². The monoisotopic (exact) mass is 344 g/mol. The van der Waals surface area contributed by atoms with Crippen LogP contribution in [0.15, 0.2) is 21.7 Å². The maximum atomic E-state index is 12.9. The van der Waals surface area contributed by atoms with Crippen LogP contribution >= 0.6 is 11.3 Å². The zero-order valence-electron chi connectivity index (χ0n) is 13.0. The second kappa shape index (κ2) is 6.57.